The van der Waals surface area contributed by atoms with Crippen LogP contribution in [0.5, 0.6) is 0 Å². The molecule has 2 rings (SSSR count). The molecule has 2 N–H and O–H groups in total. The largest absolute Gasteiger partial charge is 0.328 e. The van der Waals surface area contributed by atoms with E-state index < -0.39 is 10.0 Å². The van der Waals surface area contributed by atoms with Crippen molar-refractivity contribution in [2.75, 3.05) is 6.54 Å². The van der Waals surface area contributed by atoms with Gasteiger partial charge >= 0.3 is 0 Å². The van der Waals surface area contributed by atoms with E-state index in [0.717, 1.165) is 0 Å². The number of hydrogen-bond donors (Lipinski definition) is 1. The Bertz CT molecular complexity index is 579. The van der Waals surface area contributed by atoms with Gasteiger partial charge in [-0.15, -0.1) is 0 Å². The summed E-state index contributed by atoms with van der Waals surface area (Å²) in [6.45, 7) is 2.34. The molecule has 1 aromatic carbocycles. The van der Waals surface area contributed by atoms with Crippen LogP contribution >= 0.6 is 27.5 Å². The standard InChI is InChI=1S/C12H16BrClN2O2S/c1-8-6-9(15)4-5-16(8)19(17,18)10-2-3-11(13)12(14)7-10/h2-3,7-9H,4-6,15H2,1H3/t8-,9-/m1/s1. The first-order valence-electron chi connectivity index (χ1n) is 6.05. The van der Waals surface area contributed by atoms with Crippen LogP contribution < -0.4 is 5.73 Å². The van der Waals surface area contributed by atoms with E-state index in [-0.39, 0.29) is 17.0 Å². The molecular formula is C12H16BrClN2O2S. The van der Waals surface area contributed by atoms with Crippen LogP contribution in [0.1, 0.15) is 19.8 Å². The lowest BCUT2D eigenvalue weighted by Crippen LogP contribution is -2.48. The van der Waals surface area contributed by atoms with Crippen molar-refractivity contribution in [2.24, 2.45) is 5.73 Å². The Labute approximate surface area is 127 Å². The Morgan fingerprint density at radius 3 is 2.74 bits per heavy atom. The molecule has 1 aliphatic heterocycles. The fraction of sp³-hybridized carbons (Fsp3) is 0.500. The molecular weight excluding hydrogens is 352 g/mol. The molecule has 7 heteroatoms. The first kappa shape index (κ1) is 15.3. The third kappa shape index (κ3) is 3.13. The molecule has 1 fully saturated rings. The van der Waals surface area contributed by atoms with Crippen LogP contribution in [0.25, 0.3) is 0 Å². The lowest BCUT2D eigenvalue weighted by molar-refractivity contribution is 0.247. The van der Waals surface area contributed by atoms with Crippen molar-refractivity contribution in [3.05, 3.63) is 27.7 Å². The number of piperidine rings is 1. The van der Waals surface area contributed by atoms with E-state index in [2.05, 4.69) is 15.9 Å². The zero-order valence-electron chi connectivity index (χ0n) is 10.5. The molecule has 0 radical (unpaired) electrons. The lowest BCUT2D eigenvalue weighted by Gasteiger charge is -2.35. The monoisotopic (exact) mass is 366 g/mol. The molecule has 0 unspecified atom stereocenters. The Balaban J connectivity index is 2.34. The van der Waals surface area contributed by atoms with Gasteiger partial charge in [0.2, 0.25) is 10.0 Å². The lowest BCUT2D eigenvalue weighted by atomic mass is 10.0. The van der Waals surface area contributed by atoms with Gasteiger partial charge in [-0.2, -0.15) is 4.31 Å². The Kier molecular flexibility index (Phi) is 4.57. The quantitative estimate of drug-likeness (QED) is 0.874. The van der Waals surface area contributed by atoms with E-state index in [9.17, 15) is 8.42 Å². The molecule has 0 spiro atoms. The summed E-state index contributed by atoms with van der Waals surface area (Å²) in [5, 5.41) is 0.391. The average molecular weight is 368 g/mol. The van der Waals surface area contributed by atoms with E-state index in [4.69, 9.17) is 17.3 Å². The van der Waals surface area contributed by atoms with Gasteiger partial charge in [-0.3, -0.25) is 0 Å². The highest BCUT2D eigenvalue weighted by molar-refractivity contribution is 9.10. The molecule has 0 bridgehead atoms. The molecule has 1 saturated heterocycles. The first-order valence-corrected chi connectivity index (χ1v) is 8.66. The maximum atomic E-state index is 12.6. The fourth-order valence-corrected chi connectivity index (χ4v) is 4.49. The predicted octanol–water partition coefficient (Wildman–Crippen LogP) is 2.60. The van der Waals surface area contributed by atoms with E-state index in [1.807, 2.05) is 6.92 Å². The number of hydrogen-bond acceptors (Lipinski definition) is 3. The molecule has 1 heterocycles. The van der Waals surface area contributed by atoms with E-state index in [1.165, 1.54) is 10.4 Å². The van der Waals surface area contributed by atoms with Gasteiger partial charge in [-0.25, -0.2) is 8.42 Å². The third-order valence-corrected chi connectivity index (χ3v) is 6.60. The van der Waals surface area contributed by atoms with Crippen LogP contribution in [0.4, 0.5) is 0 Å². The van der Waals surface area contributed by atoms with Crippen molar-refractivity contribution in [1.29, 1.82) is 0 Å². The highest BCUT2D eigenvalue weighted by atomic mass is 79.9. The molecule has 1 aliphatic rings. The summed E-state index contributed by atoms with van der Waals surface area (Å²) in [6.07, 6.45) is 1.37. The number of sulfonamides is 1. The summed E-state index contributed by atoms with van der Waals surface area (Å²) in [6, 6.07) is 4.68. The van der Waals surface area contributed by atoms with Crippen molar-refractivity contribution in [3.63, 3.8) is 0 Å². The number of rotatable bonds is 2. The molecule has 19 heavy (non-hydrogen) atoms. The summed E-state index contributed by atoms with van der Waals surface area (Å²) < 4.78 is 27.4. The van der Waals surface area contributed by atoms with Crippen LogP contribution in [-0.2, 0) is 10.0 Å². The van der Waals surface area contributed by atoms with Crippen LogP contribution in [0.15, 0.2) is 27.6 Å². The summed E-state index contributed by atoms with van der Waals surface area (Å²) in [4.78, 5) is 0.225. The van der Waals surface area contributed by atoms with Gasteiger partial charge in [-0.1, -0.05) is 11.6 Å². The van der Waals surface area contributed by atoms with Gasteiger partial charge in [0.1, 0.15) is 0 Å². The van der Waals surface area contributed by atoms with E-state index in [1.54, 1.807) is 12.1 Å². The molecule has 2 atom stereocenters. The maximum Gasteiger partial charge on any atom is 0.243 e. The second-order valence-corrected chi connectivity index (χ2v) is 7.98. The van der Waals surface area contributed by atoms with Crippen LogP contribution in [0, 0.1) is 0 Å². The molecule has 0 amide bonds. The Morgan fingerprint density at radius 1 is 1.47 bits per heavy atom. The minimum Gasteiger partial charge on any atom is -0.328 e. The highest BCUT2D eigenvalue weighted by Crippen LogP contribution is 2.29. The average Bonchev–Trinajstić information content (AvgIpc) is 2.32. The van der Waals surface area contributed by atoms with Gasteiger partial charge in [0.25, 0.3) is 0 Å². The molecule has 0 aromatic heterocycles. The van der Waals surface area contributed by atoms with E-state index >= 15 is 0 Å². The van der Waals surface area contributed by atoms with Crippen molar-refractivity contribution < 1.29 is 8.42 Å². The molecule has 106 valence electrons. The number of nitrogens with zero attached hydrogens (tertiary/aromatic N) is 1. The van der Waals surface area contributed by atoms with Crippen molar-refractivity contribution in [3.8, 4) is 0 Å². The molecule has 1 aromatic rings. The van der Waals surface area contributed by atoms with Crippen LogP contribution in [0.2, 0.25) is 5.02 Å². The Morgan fingerprint density at radius 2 is 2.16 bits per heavy atom. The SMILES string of the molecule is C[C@@H]1C[C@H](N)CCN1S(=O)(=O)c1ccc(Br)c(Cl)c1. The van der Waals surface area contributed by atoms with Crippen LogP contribution in [-0.4, -0.2) is 31.4 Å². The molecule has 0 aliphatic carbocycles. The smallest absolute Gasteiger partial charge is 0.243 e. The summed E-state index contributed by atoms with van der Waals surface area (Å²) in [7, 11) is -3.50. The first-order chi connectivity index (χ1) is 8.82. The summed E-state index contributed by atoms with van der Waals surface area (Å²) >= 11 is 9.22. The normalized spacial score (nSPS) is 25.5. The number of benzene rings is 1. The van der Waals surface area contributed by atoms with Crippen molar-refractivity contribution in [1.82, 2.24) is 4.31 Å². The van der Waals surface area contributed by atoms with Crippen molar-refractivity contribution in [2.45, 2.75) is 36.7 Å². The highest BCUT2D eigenvalue weighted by Gasteiger charge is 2.33. The summed E-state index contributed by atoms with van der Waals surface area (Å²) in [5.41, 5.74) is 5.86. The van der Waals surface area contributed by atoms with Crippen molar-refractivity contribution >= 4 is 37.6 Å². The minimum absolute atomic E-state index is 0.0787. The second kappa shape index (κ2) is 5.69. The minimum atomic E-state index is -3.50. The van der Waals surface area contributed by atoms with Gasteiger partial charge < -0.3 is 5.73 Å². The van der Waals surface area contributed by atoms with Gasteiger partial charge in [0, 0.05) is 23.1 Å². The van der Waals surface area contributed by atoms with E-state index in [0.29, 0.717) is 28.9 Å². The molecule has 0 saturated carbocycles. The zero-order chi connectivity index (χ0) is 14.2. The maximum absolute atomic E-state index is 12.6. The Hall–Kier alpha value is -0.140. The zero-order valence-corrected chi connectivity index (χ0v) is 13.7. The molecule has 4 nitrogen and oxygen atoms in total. The number of halogens is 2. The fourth-order valence-electron chi connectivity index (χ4n) is 2.32. The second-order valence-electron chi connectivity index (χ2n) is 4.83. The number of nitrogens with two attached hydrogens (primary N) is 1. The third-order valence-electron chi connectivity index (χ3n) is 3.35. The van der Waals surface area contributed by atoms with Gasteiger partial charge in [0.15, 0.2) is 0 Å². The topological polar surface area (TPSA) is 63.4 Å². The summed E-state index contributed by atoms with van der Waals surface area (Å²) in [5.74, 6) is 0. The van der Waals surface area contributed by atoms with Gasteiger partial charge in [-0.05, 0) is 53.9 Å². The van der Waals surface area contributed by atoms with Gasteiger partial charge in [0.05, 0.1) is 9.92 Å². The van der Waals surface area contributed by atoms with Crippen LogP contribution in [0.3, 0.4) is 0 Å². The predicted molar refractivity (Wildman–Crippen MR) is 79.7 cm³/mol.